The van der Waals surface area contributed by atoms with E-state index in [-0.39, 0.29) is 12.7 Å². The molecular weight excluding hydrogens is 420 g/mol. The highest BCUT2D eigenvalue weighted by Crippen LogP contribution is 2.32. The summed E-state index contributed by atoms with van der Waals surface area (Å²) < 4.78 is 19.9. The first-order chi connectivity index (χ1) is 12.7. The lowest BCUT2D eigenvalue weighted by molar-refractivity contribution is 0.0997. The molecule has 6 nitrogen and oxygen atoms in total. The molecule has 134 valence electrons. The van der Waals surface area contributed by atoms with Crippen LogP contribution < -0.4 is 14.3 Å². The van der Waals surface area contributed by atoms with Crippen molar-refractivity contribution < 1.29 is 19.0 Å². The number of ether oxygens (including phenoxy) is 3. The Balaban J connectivity index is 1.77. The maximum atomic E-state index is 12.7. The van der Waals surface area contributed by atoms with E-state index in [0.29, 0.717) is 35.0 Å². The predicted molar refractivity (Wildman–Crippen MR) is 102 cm³/mol. The Labute approximate surface area is 161 Å². The van der Waals surface area contributed by atoms with Crippen molar-refractivity contribution >= 4 is 43.4 Å². The second-order valence-corrected chi connectivity index (χ2v) is 7.55. The van der Waals surface area contributed by atoms with Crippen LogP contribution in [0, 0.1) is 0 Å². The summed E-state index contributed by atoms with van der Waals surface area (Å²) in [6.07, 6.45) is 0. The third-order valence-electron chi connectivity index (χ3n) is 3.98. The van der Waals surface area contributed by atoms with Crippen molar-refractivity contribution in [2.45, 2.75) is 6.54 Å². The molecule has 1 aliphatic heterocycles. The number of carbonyl (C=O) groups is 1. The van der Waals surface area contributed by atoms with Crippen LogP contribution in [-0.4, -0.2) is 31.0 Å². The molecule has 4 rings (SSSR count). The van der Waals surface area contributed by atoms with Gasteiger partial charge >= 0.3 is 0 Å². The highest BCUT2D eigenvalue weighted by Gasteiger charge is 2.16. The molecule has 1 amide bonds. The number of methoxy groups -OCH3 is 1. The minimum Gasteiger partial charge on any atom is -0.454 e. The first kappa shape index (κ1) is 17.3. The number of thiazole rings is 1. The lowest BCUT2D eigenvalue weighted by Crippen LogP contribution is -2.19. The normalized spacial score (nSPS) is 13.5. The van der Waals surface area contributed by atoms with E-state index < -0.39 is 0 Å². The van der Waals surface area contributed by atoms with E-state index >= 15 is 0 Å². The number of halogens is 1. The molecule has 0 radical (unpaired) electrons. The quantitative estimate of drug-likeness (QED) is 0.629. The molecular formula is C18H15BrN2O4S. The zero-order valence-electron chi connectivity index (χ0n) is 13.9. The van der Waals surface area contributed by atoms with E-state index in [9.17, 15) is 4.79 Å². The Morgan fingerprint density at radius 1 is 1.27 bits per heavy atom. The number of fused-ring (bicyclic) bond motifs is 2. The van der Waals surface area contributed by atoms with Crippen LogP contribution >= 0.6 is 27.3 Å². The van der Waals surface area contributed by atoms with Gasteiger partial charge in [0, 0.05) is 23.7 Å². The summed E-state index contributed by atoms with van der Waals surface area (Å²) in [5.41, 5.74) is 1.48. The van der Waals surface area contributed by atoms with Crippen LogP contribution in [0.15, 0.2) is 45.9 Å². The zero-order valence-corrected chi connectivity index (χ0v) is 16.3. The average molecular weight is 435 g/mol. The van der Waals surface area contributed by atoms with E-state index in [2.05, 4.69) is 20.9 Å². The van der Waals surface area contributed by atoms with E-state index in [4.69, 9.17) is 14.2 Å². The van der Waals surface area contributed by atoms with Crippen LogP contribution in [0.1, 0.15) is 10.4 Å². The van der Waals surface area contributed by atoms with E-state index in [1.807, 2.05) is 22.8 Å². The van der Waals surface area contributed by atoms with Gasteiger partial charge in [-0.15, -0.1) is 0 Å². The number of benzene rings is 2. The van der Waals surface area contributed by atoms with Crippen molar-refractivity contribution in [1.29, 1.82) is 0 Å². The average Bonchev–Trinajstić information content (AvgIpc) is 3.23. The summed E-state index contributed by atoms with van der Waals surface area (Å²) in [5.74, 6) is 0.891. The molecule has 1 aromatic heterocycles. The predicted octanol–water partition coefficient (Wildman–Crippen LogP) is 3.58. The largest absolute Gasteiger partial charge is 0.454 e. The fraction of sp³-hybridized carbons (Fsp3) is 0.222. The van der Waals surface area contributed by atoms with Crippen molar-refractivity contribution in [2.75, 3.05) is 20.5 Å². The number of nitrogens with zero attached hydrogens (tertiary/aromatic N) is 2. The van der Waals surface area contributed by atoms with Gasteiger partial charge < -0.3 is 18.8 Å². The summed E-state index contributed by atoms with van der Waals surface area (Å²) in [4.78, 5) is 17.7. The minimum absolute atomic E-state index is 0.173. The molecule has 0 saturated carbocycles. The highest BCUT2D eigenvalue weighted by molar-refractivity contribution is 9.10. The Hall–Kier alpha value is -2.16. The van der Waals surface area contributed by atoms with Crippen LogP contribution in [0.2, 0.25) is 0 Å². The van der Waals surface area contributed by atoms with Crippen LogP contribution in [0.3, 0.4) is 0 Å². The van der Waals surface area contributed by atoms with Gasteiger partial charge in [0.25, 0.3) is 5.91 Å². The second-order valence-electron chi connectivity index (χ2n) is 5.63. The number of hydrogen-bond donors (Lipinski definition) is 0. The van der Waals surface area contributed by atoms with Gasteiger partial charge in [0.05, 0.1) is 16.8 Å². The van der Waals surface area contributed by atoms with E-state index in [1.165, 1.54) is 11.3 Å². The SMILES string of the molecule is COCCn1c(=NC(=O)c2ccc3c(c2)OCO3)sc2cc(Br)ccc21. The van der Waals surface area contributed by atoms with Gasteiger partial charge in [0.2, 0.25) is 6.79 Å². The lowest BCUT2D eigenvalue weighted by Gasteiger charge is -2.04. The summed E-state index contributed by atoms with van der Waals surface area (Å²) >= 11 is 4.96. The topological polar surface area (TPSA) is 62.1 Å². The number of rotatable bonds is 4. The van der Waals surface area contributed by atoms with Crippen LogP contribution in [-0.2, 0) is 11.3 Å². The van der Waals surface area contributed by atoms with Gasteiger partial charge in [-0.1, -0.05) is 27.3 Å². The molecule has 0 unspecified atom stereocenters. The molecule has 26 heavy (non-hydrogen) atoms. The third kappa shape index (κ3) is 3.27. The Bertz CT molecular complexity index is 1060. The molecule has 1 aliphatic rings. The summed E-state index contributed by atoms with van der Waals surface area (Å²) in [7, 11) is 1.65. The number of carbonyl (C=O) groups excluding carboxylic acids is 1. The monoisotopic (exact) mass is 434 g/mol. The summed E-state index contributed by atoms with van der Waals surface area (Å²) in [6.45, 7) is 1.32. The van der Waals surface area contributed by atoms with Gasteiger partial charge in [-0.05, 0) is 36.4 Å². The zero-order chi connectivity index (χ0) is 18.1. The van der Waals surface area contributed by atoms with Gasteiger partial charge in [-0.3, -0.25) is 4.79 Å². The third-order valence-corrected chi connectivity index (χ3v) is 5.51. The van der Waals surface area contributed by atoms with E-state index in [1.54, 1.807) is 25.3 Å². The fourth-order valence-corrected chi connectivity index (χ4v) is 4.32. The smallest absolute Gasteiger partial charge is 0.279 e. The number of hydrogen-bond acceptors (Lipinski definition) is 5. The molecule has 0 atom stereocenters. The van der Waals surface area contributed by atoms with Gasteiger partial charge in [-0.25, -0.2) is 0 Å². The standard InChI is InChI=1S/C18H15BrN2O4S/c1-23-7-6-21-13-4-3-12(19)9-16(13)26-18(21)20-17(22)11-2-5-14-15(8-11)25-10-24-14/h2-5,8-9H,6-7,10H2,1H3. The van der Waals surface area contributed by atoms with Crippen molar-refractivity contribution in [3.8, 4) is 11.5 Å². The first-order valence-corrected chi connectivity index (χ1v) is 9.53. The van der Waals surface area contributed by atoms with Gasteiger partial charge in [0.1, 0.15) is 0 Å². The Morgan fingerprint density at radius 3 is 2.96 bits per heavy atom. The fourth-order valence-electron chi connectivity index (χ4n) is 2.71. The Morgan fingerprint density at radius 2 is 2.12 bits per heavy atom. The van der Waals surface area contributed by atoms with E-state index in [0.717, 1.165) is 14.7 Å². The van der Waals surface area contributed by atoms with Gasteiger partial charge in [-0.2, -0.15) is 4.99 Å². The van der Waals surface area contributed by atoms with Crippen molar-refractivity contribution in [3.63, 3.8) is 0 Å². The molecule has 2 heterocycles. The van der Waals surface area contributed by atoms with Crippen LogP contribution in [0.5, 0.6) is 11.5 Å². The van der Waals surface area contributed by atoms with Crippen molar-refractivity contribution in [2.24, 2.45) is 4.99 Å². The lowest BCUT2D eigenvalue weighted by atomic mass is 10.2. The second kappa shape index (κ2) is 7.22. The molecule has 0 spiro atoms. The Kier molecular flexibility index (Phi) is 4.80. The maximum absolute atomic E-state index is 12.7. The van der Waals surface area contributed by atoms with Crippen molar-refractivity contribution in [3.05, 3.63) is 51.2 Å². The van der Waals surface area contributed by atoms with Crippen LogP contribution in [0.25, 0.3) is 10.2 Å². The summed E-state index contributed by atoms with van der Waals surface area (Å²) in [6, 6.07) is 11.1. The molecule has 8 heteroatoms. The molecule has 0 saturated heterocycles. The number of aromatic nitrogens is 1. The summed E-state index contributed by atoms with van der Waals surface area (Å²) in [5, 5.41) is 0. The molecule has 0 bridgehead atoms. The van der Waals surface area contributed by atoms with Crippen molar-refractivity contribution in [1.82, 2.24) is 4.57 Å². The highest BCUT2D eigenvalue weighted by atomic mass is 79.9. The van der Waals surface area contributed by atoms with Crippen LogP contribution in [0.4, 0.5) is 0 Å². The van der Waals surface area contributed by atoms with Gasteiger partial charge in [0.15, 0.2) is 16.3 Å². The first-order valence-electron chi connectivity index (χ1n) is 7.92. The molecule has 3 aromatic rings. The minimum atomic E-state index is -0.319. The molecule has 0 fully saturated rings. The molecule has 0 N–H and O–H groups in total. The molecule has 0 aliphatic carbocycles. The maximum Gasteiger partial charge on any atom is 0.279 e. The molecule has 2 aromatic carbocycles. The number of amides is 1.